The molecule has 2 heterocycles. The highest BCUT2D eigenvalue weighted by atomic mass is 35.5. The normalized spacial score (nSPS) is 25.9. The van der Waals surface area contributed by atoms with Gasteiger partial charge in [-0.1, -0.05) is 18.5 Å². The number of rotatable bonds is 1. The molecule has 1 aliphatic rings. The van der Waals surface area contributed by atoms with E-state index in [0.29, 0.717) is 17.0 Å². The van der Waals surface area contributed by atoms with Crippen molar-refractivity contribution in [2.45, 2.75) is 32.7 Å². The first-order chi connectivity index (χ1) is 7.59. The fourth-order valence-electron chi connectivity index (χ4n) is 2.17. The molecule has 0 amide bonds. The monoisotopic (exact) mass is 259 g/mol. The molecule has 0 radical (unpaired) electrons. The van der Waals surface area contributed by atoms with Gasteiger partial charge in [-0.3, -0.25) is 0 Å². The minimum Gasteiger partial charge on any atom is -0.352 e. The summed E-state index contributed by atoms with van der Waals surface area (Å²) in [6, 6.07) is 0.442. The molecule has 0 bridgehead atoms. The summed E-state index contributed by atoms with van der Waals surface area (Å²) in [5.41, 5.74) is 0. The van der Waals surface area contributed by atoms with Crippen LogP contribution in [0.25, 0.3) is 0 Å². The molecule has 0 aromatic carbocycles. The summed E-state index contributed by atoms with van der Waals surface area (Å²) in [5, 5.41) is 0.829. The van der Waals surface area contributed by atoms with Crippen LogP contribution in [0, 0.1) is 5.92 Å². The Morgan fingerprint density at radius 2 is 2.12 bits per heavy atom. The van der Waals surface area contributed by atoms with Gasteiger partial charge in [0, 0.05) is 12.6 Å². The molecule has 2 unspecified atom stereocenters. The van der Waals surface area contributed by atoms with Gasteiger partial charge >= 0.3 is 0 Å². The average Bonchev–Trinajstić information content (AvgIpc) is 2.26. The zero-order valence-corrected chi connectivity index (χ0v) is 11.0. The van der Waals surface area contributed by atoms with Gasteiger partial charge in [-0.2, -0.15) is 4.98 Å². The van der Waals surface area contributed by atoms with Gasteiger partial charge in [0.1, 0.15) is 5.02 Å². The summed E-state index contributed by atoms with van der Waals surface area (Å²) in [6.07, 6.45) is 4.00. The van der Waals surface area contributed by atoms with E-state index >= 15 is 0 Å². The third-order valence-electron chi connectivity index (χ3n) is 3.34. The Kier molecular flexibility index (Phi) is 3.55. The first-order valence-electron chi connectivity index (χ1n) is 5.54. The van der Waals surface area contributed by atoms with Gasteiger partial charge in [0.05, 0.1) is 6.20 Å². The summed E-state index contributed by atoms with van der Waals surface area (Å²) in [6.45, 7) is 5.45. The lowest BCUT2D eigenvalue weighted by Crippen LogP contribution is -2.43. The van der Waals surface area contributed by atoms with Crippen molar-refractivity contribution in [3.63, 3.8) is 0 Å². The molecule has 1 aromatic rings. The van der Waals surface area contributed by atoms with Crippen LogP contribution in [0.1, 0.15) is 26.7 Å². The molecule has 0 N–H and O–H groups in total. The van der Waals surface area contributed by atoms with E-state index < -0.39 is 0 Å². The number of anilines is 1. The fraction of sp³-hybridized carbons (Fsp3) is 0.636. The Balaban J connectivity index is 2.31. The lowest BCUT2D eigenvalue weighted by molar-refractivity contribution is 0.361. The molecule has 1 saturated heterocycles. The van der Waals surface area contributed by atoms with Gasteiger partial charge in [0.15, 0.2) is 5.82 Å². The number of piperidine rings is 1. The molecule has 2 atom stereocenters. The van der Waals surface area contributed by atoms with Crippen LogP contribution in [-0.4, -0.2) is 22.6 Å². The third-order valence-corrected chi connectivity index (χ3v) is 3.79. The predicted molar refractivity (Wildman–Crippen MR) is 67.3 cm³/mol. The van der Waals surface area contributed by atoms with Gasteiger partial charge in [0.2, 0.25) is 5.28 Å². The van der Waals surface area contributed by atoms with Crippen LogP contribution in [0.15, 0.2) is 6.20 Å². The van der Waals surface area contributed by atoms with Crippen LogP contribution in [0.4, 0.5) is 5.82 Å². The van der Waals surface area contributed by atoms with E-state index in [1.807, 2.05) is 0 Å². The SMILES string of the molecule is CC1CCCN(c2nc(Cl)ncc2Cl)C1C. The van der Waals surface area contributed by atoms with Gasteiger partial charge in [-0.25, -0.2) is 4.98 Å². The maximum atomic E-state index is 6.12. The highest BCUT2D eigenvalue weighted by Gasteiger charge is 2.27. The Morgan fingerprint density at radius 1 is 1.38 bits per heavy atom. The van der Waals surface area contributed by atoms with Crippen LogP contribution in [0.3, 0.4) is 0 Å². The van der Waals surface area contributed by atoms with Crippen molar-refractivity contribution in [3.05, 3.63) is 16.5 Å². The van der Waals surface area contributed by atoms with E-state index in [0.717, 1.165) is 12.4 Å². The van der Waals surface area contributed by atoms with Crippen LogP contribution in [0.5, 0.6) is 0 Å². The van der Waals surface area contributed by atoms with E-state index in [9.17, 15) is 0 Å². The second-order valence-corrected chi connectivity index (χ2v) is 5.11. The zero-order chi connectivity index (χ0) is 11.7. The summed E-state index contributed by atoms with van der Waals surface area (Å²) in [7, 11) is 0. The molecule has 0 saturated carbocycles. The van der Waals surface area contributed by atoms with E-state index in [1.165, 1.54) is 12.8 Å². The molecule has 3 nitrogen and oxygen atoms in total. The molecule has 1 aromatic heterocycles. The standard InChI is InChI=1S/C11H15Cl2N3/c1-7-4-3-5-16(8(7)2)10-9(12)6-14-11(13)15-10/h6-8H,3-5H2,1-2H3. The fourth-order valence-corrected chi connectivity index (χ4v) is 2.50. The van der Waals surface area contributed by atoms with E-state index in [-0.39, 0.29) is 5.28 Å². The van der Waals surface area contributed by atoms with Gasteiger partial charge in [-0.05, 0) is 37.3 Å². The average molecular weight is 260 g/mol. The molecule has 0 aliphatic carbocycles. The first kappa shape index (κ1) is 11.9. The largest absolute Gasteiger partial charge is 0.352 e. The molecular formula is C11H15Cl2N3. The highest BCUT2D eigenvalue weighted by Crippen LogP contribution is 2.31. The summed E-state index contributed by atoms with van der Waals surface area (Å²) >= 11 is 11.9. The smallest absolute Gasteiger partial charge is 0.224 e. The molecule has 2 rings (SSSR count). The topological polar surface area (TPSA) is 29.0 Å². The minimum atomic E-state index is 0.254. The van der Waals surface area contributed by atoms with Crippen LogP contribution >= 0.6 is 23.2 Å². The first-order valence-corrected chi connectivity index (χ1v) is 6.30. The van der Waals surface area contributed by atoms with Gasteiger partial charge in [0.25, 0.3) is 0 Å². The Bertz CT molecular complexity index is 383. The number of nitrogens with zero attached hydrogens (tertiary/aromatic N) is 3. The van der Waals surface area contributed by atoms with E-state index in [4.69, 9.17) is 23.2 Å². The predicted octanol–water partition coefficient (Wildman–Crippen LogP) is 3.41. The van der Waals surface area contributed by atoms with Crippen molar-refractivity contribution in [2.75, 3.05) is 11.4 Å². The molecular weight excluding hydrogens is 245 g/mol. The van der Waals surface area contributed by atoms with Gasteiger partial charge < -0.3 is 4.90 Å². The second kappa shape index (κ2) is 4.76. The van der Waals surface area contributed by atoms with Crippen molar-refractivity contribution in [1.29, 1.82) is 0 Å². The van der Waals surface area contributed by atoms with Crippen LogP contribution in [-0.2, 0) is 0 Å². The third kappa shape index (κ3) is 2.25. The highest BCUT2D eigenvalue weighted by molar-refractivity contribution is 6.33. The Labute approximate surface area is 106 Å². The molecule has 16 heavy (non-hydrogen) atoms. The number of aromatic nitrogens is 2. The summed E-state index contributed by atoms with van der Waals surface area (Å²) in [5.74, 6) is 1.42. The maximum Gasteiger partial charge on any atom is 0.224 e. The summed E-state index contributed by atoms with van der Waals surface area (Å²) in [4.78, 5) is 10.3. The zero-order valence-electron chi connectivity index (χ0n) is 9.45. The minimum absolute atomic E-state index is 0.254. The maximum absolute atomic E-state index is 6.12. The van der Waals surface area contributed by atoms with Crippen molar-refractivity contribution in [3.8, 4) is 0 Å². The number of hydrogen-bond donors (Lipinski definition) is 0. The van der Waals surface area contributed by atoms with Crippen molar-refractivity contribution in [1.82, 2.24) is 9.97 Å². The molecule has 1 fully saturated rings. The Morgan fingerprint density at radius 3 is 2.88 bits per heavy atom. The van der Waals surface area contributed by atoms with Crippen molar-refractivity contribution < 1.29 is 0 Å². The second-order valence-electron chi connectivity index (χ2n) is 4.36. The van der Waals surface area contributed by atoms with E-state index in [1.54, 1.807) is 6.20 Å². The number of hydrogen-bond acceptors (Lipinski definition) is 3. The number of halogens is 2. The van der Waals surface area contributed by atoms with Gasteiger partial charge in [-0.15, -0.1) is 0 Å². The molecule has 1 aliphatic heterocycles. The van der Waals surface area contributed by atoms with Crippen LogP contribution in [0.2, 0.25) is 10.3 Å². The lowest BCUT2D eigenvalue weighted by Gasteiger charge is -2.39. The van der Waals surface area contributed by atoms with E-state index in [2.05, 4.69) is 28.7 Å². The Hall–Kier alpha value is -0.540. The summed E-state index contributed by atoms with van der Waals surface area (Å²) < 4.78 is 0. The molecule has 5 heteroatoms. The lowest BCUT2D eigenvalue weighted by atomic mass is 9.92. The molecule has 0 spiro atoms. The quantitative estimate of drug-likeness (QED) is 0.724. The van der Waals surface area contributed by atoms with Crippen molar-refractivity contribution in [2.24, 2.45) is 5.92 Å². The molecule has 88 valence electrons. The van der Waals surface area contributed by atoms with Crippen molar-refractivity contribution >= 4 is 29.0 Å². The van der Waals surface area contributed by atoms with Crippen LogP contribution < -0.4 is 4.90 Å².